The van der Waals surface area contributed by atoms with E-state index in [1.807, 2.05) is 25.1 Å². The Bertz CT molecular complexity index is 720. The lowest BCUT2D eigenvalue weighted by Gasteiger charge is -2.16. The summed E-state index contributed by atoms with van der Waals surface area (Å²) in [6, 6.07) is 8.87. The van der Waals surface area contributed by atoms with Crippen LogP contribution in [-0.4, -0.2) is 35.5 Å². The zero-order valence-electron chi connectivity index (χ0n) is 13.3. The summed E-state index contributed by atoms with van der Waals surface area (Å²) in [7, 11) is 1.61. The summed E-state index contributed by atoms with van der Waals surface area (Å²) in [4.78, 5) is 24.5. The highest BCUT2D eigenvalue weighted by Crippen LogP contribution is 2.16. The minimum absolute atomic E-state index is 0.0918. The van der Waals surface area contributed by atoms with Crippen molar-refractivity contribution in [2.75, 3.05) is 13.7 Å². The Morgan fingerprint density at radius 2 is 2.00 bits per heavy atom. The smallest absolute Gasteiger partial charge is 0.339 e. The van der Waals surface area contributed by atoms with Crippen molar-refractivity contribution in [2.45, 2.75) is 20.4 Å². The van der Waals surface area contributed by atoms with E-state index in [4.69, 9.17) is 14.3 Å². The number of carbonyl (C=O) groups excluding carboxylic acids is 1. The number of benzene rings is 1. The van der Waals surface area contributed by atoms with E-state index < -0.39 is 5.97 Å². The molecule has 0 unspecified atom stereocenters. The van der Waals surface area contributed by atoms with E-state index in [0.717, 1.165) is 5.56 Å². The van der Waals surface area contributed by atoms with Gasteiger partial charge in [0.25, 0.3) is 5.91 Å². The molecule has 0 aliphatic heterocycles. The van der Waals surface area contributed by atoms with Gasteiger partial charge in [0.05, 0.1) is 6.54 Å². The molecule has 2 aromatic rings. The number of rotatable bonds is 6. The maximum atomic E-state index is 12.1. The summed E-state index contributed by atoms with van der Waals surface area (Å²) in [5.74, 6) is 0.108. The Kier molecular flexibility index (Phi) is 5.05. The fraction of sp³-hybridized carbons (Fsp3) is 0.294. The summed E-state index contributed by atoms with van der Waals surface area (Å²) in [5, 5.41) is 8.99. The lowest BCUT2D eigenvalue weighted by atomic mass is 10.2. The zero-order valence-corrected chi connectivity index (χ0v) is 13.3. The van der Waals surface area contributed by atoms with Gasteiger partial charge in [-0.05, 0) is 37.6 Å². The zero-order chi connectivity index (χ0) is 17.0. The van der Waals surface area contributed by atoms with E-state index in [0.29, 0.717) is 17.3 Å². The standard InChI is InChI=1S/C17H19NO5/c1-11-5-4-6-13(7-11)22-10-16(19)18(3)9-14-8-15(17(20)21)12(2)23-14/h4-8H,9-10H2,1-3H3,(H,20,21). The van der Waals surface area contributed by atoms with Gasteiger partial charge >= 0.3 is 5.97 Å². The third-order valence-electron chi connectivity index (χ3n) is 3.37. The van der Waals surface area contributed by atoms with E-state index in [-0.39, 0.29) is 24.6 Å². The molecule has 0 fully saturated rings. The molecule has 6 nitrogen and oxygen atoms in total. The number of ether oxygens (including phenoxy) is 1. The molecule has 2 rings (SSSR count). The normalized spacial score (nSPS) is 10.4. The summed E-state index contributed by atoms with van der Waals surface area (Å²) in [6.45, 7) is 3.62. The van der Waals surface area contributed by atoms with Gasteiger partial charge in [0, 0.05) is 7.05 Å². The number of carboxylic acids is 1. The van der Waals surface area contributed by atoms with Crippen LogP contribution in [0.1, 0.15) is 27.4 Å². The molecule has 6 heteroatoms. The van der Waals surface area contributed by atoms with Gasteiger partial charge in [-0.3, -0.25) is 4.79 Å². The number of carboxylic acid groups (broad SMARTS) is 1. The molecular formula is C17H19NO5. The van der Waals surface area contributed by atoms with Gasteiger partial charge in [0.1, 0.15) is 22.8 Å². The monoisotopic (exact) mass is 317 g/mol. The van der Waals surface area contributed by atoms with Crippen LogP contribution in [0.4, 0.5) is 0 Å². The van der Waals surface area contributed by atoms with Crippen LogP contribution in [-0.2, 0) is 11.3 Å². The summed E-state index contributed by atoms with van der Waals surface area (Å²) >= 11 is 0. The Balaban J connectivity index is 1.92. The van der Waals surface area contributed by atoms with E-state index >= 15 is 0 Å². The Morgan fingerprint density at radius 3 is 2.61 bits per heavy atom. The van der Waals surface area contributed by atoms with Gasteiger partial charge in [-0.25, -0.2) is 4.79 Å². The van der Waals surface area contributed by atoms with Crippen molar-refractivity contribution in [1.82, 2.24) is 4.90 Å². The molecule has 0 aliphatic rings. The molecule has 0 saturated carbocycles. The van der Waals surface area contributed by atoms with Crippen molar-refractivity contribution < 1.29 is 23.8 Å². The van der Waals surface area contributed by atoms with Crippen molar-refractivity contribution in [3.8, 4) is 5.75 Å². The van der Waals surface area contributed by atoms with Crippen molar-refractivity contribution in [3.05, 3.63) is 53.0 Å². The SMILES string of the molecule is Cc1cccc(OCC(=O)N(C)Cc2cc(C(=O)O)c(C)o2)c1. The highest BCUT2D eigenvalue weighted by molar-refractivity contribution is 5.88. The number of hydrogen-bond donors (Lipinski definition) is 1. The summed E-state index contributed by atoms with van der Waals surface area (Å²) in [6.07, 6.45) is 0. The molecule has 0 radical (unpaired) electrons. The van der Waals surface area contributed by atoms with Crippen LogP contribution in [0.15, 0.2) is 34.7 Å². The predicted octanol–water partition coefficient (Wildman–Crippen LogP) is 2.63. The lowest BCUT2D eigenvalue weighted by molar-refractivity contribution is -0.132. The first-order chi connectivity index (χ1) is 10.9. The molecule has 122 valence electrons. The van der Waals surface area contributed by atoms with Crippen LogP contribution < -0.4 is 4.74 Å². The summed E-state index contributed by atoms with van der Waals surface area (Å²) in [5.41, 5.74) is 1.16. The van der Waals surface area contributed by atoms with Crippen LogP contribution in [0.3, 0.4) is 0 Å². The predicted molar refractivity (Wildman–Crippen MR) is 83.6 cm³/mol. The molecule has 0 spiro atoms. The molecule has 0 atom stereocenters. The molecule has 1 aromatic heterocycles. The fourth-order valence-electron chi connectivity index (χ4n) is 2.12. The number of amides is 1. The minimum atomic E-state index is -1.05. The van der Waals surface area contributed by atoms with Gasteiger partial charge in [-0.1, -0.05) is 12.1 Å². The van der Waals surface area contributed by atoms with Crippen LogP contribution in [0.5, 0.6) is 5.75 Å². The highest BCUT2D eigenvalue weighted by atomic mass is 16.5. The van der Waals surface area contributed by atoms with Gasteiger partial charge in [-0.15, -0.1) is 0 Å². The van der Waals surface area contributed by atoms with Gasteiger partial charge in [0.15, 0.2) is 6.61 Å². The van der Waals surface area contributed by atoms with Gasteiger partial charge in [0.2, 0.25) is 0 Å². The van der Waals surface area contributed by atoms with Gasteiger partial charge < -0.3 is 19.2 Å². The van der Waals surface area contributed by atoms with E-state index in [2.05, 4.69) is 0 Å². The summed E-state index contributed by atoms with van der Waals surface area (Å²) < 4.78 is 10.8. The molecule has 1 aromatic carbocycles. The molecular weight excluding hydrogens is 298 g/mol. The first-order valence-corrected chi connectivity index (χ1v) is 7.13. The van der Waals surface area contributed by atoms with E-state index in [1.54, 1.807) is 20.0 Å². The lowest BCUT2D eigenvalue weighted by Crippen LogP contribution is -2.30. The quantitative estimate of drug-likeness (QED) is 0.886. The maximum Gasteiger partial charge on any atom is 0.339 e. The number of aryl methyl sites for hydroxylation is 2. The number of hydrogen-bond acceptors (Lipinski definition) is 4. The molecule has 0 saturated heterocycles. The van der Waals surface area contributed by atoms with Crippen molar-refractivity contribution in [3.63, 3.8) is 0 Å². The Morgan fingerprint density at radius 1 is 1.26 bits per heavy atom. The molecule has 1 amide bonds. The van der Waals surface area contributed by atoms with E-state index in [9.17, 15) is 9.59 Å². The second-order valence-electron chi connectivity index (χ2n) is 5.34. The van der Waals surface area contributed by atoms with Crippen LogP contribution in [0.2, 0.25) is 0 Å². The fourth-order valence-corrected chi connectivity index (χ4v) is 2.12. The van der Waals surface area contributed by atoms with Gasteiger partial charge in [-0.2, -0.15) is 0 Å². The van der Waals surface area contributed by atoms with Crippen LogP contribution in [0.25, 0.3) is 0 Å². The average Bonchev–Trinajstić information content (AvgIpc) is 2.85. The first kappa shape index (κ1) is 16.6. The first-order valence-electron chi connectivity index (χ1n) is 7.13. The molecule has 0 bridgehead atoms. The van der Waals surface area contributed by atoms with Crippen LogP contribution in [0, 0.1) is 13.8 Å². The molecule has 1 N–H and O–H groups in total. The number of likely N-dealkylation sites (N-methyl/N-ethyl adjacent to an activating group) is 1. The Hall–Kier alpha value is -2.76. The molecule has 1 heterocycles. The number of aromatic carboxylic acids is 1. The average molecular weight is 317 g/mol. The highest BCUT2D eigenvalue weighted by Gasteiger charge is 2.17. The van der Waals surface area contributed by atoms with Crippen molar-refractivity contribution in [2.24, 2.45) is 0 Å². The minimum Gasteiger partial charge on any atom is -0.484 e. The number of carbonyl (C=O) groups is 2. The third-order valence-corrected chi connectivity index (χ3v) is 3.37. The largest absolute Gasteiger partial charge is 0.484 e. The van der Waals surface area contributed by atoms with Crippen LogP contribution >= 0.6 is 0 Å². The third kappa shape index (κ3) is 4.35. The van der Waals surface area contributed by atoms with Crippen molar-refractivity contribution >= 4 is 11.9 Å². The Labute approximate surface area is 134 Å². The molecule has 0 aliphatic carbocycles. The second-order valence-corrected chi connectivity index (χ2v) is 5.34. The van der Waals surface area contributed by atoms with E-state index in [1.165, 1.54) is 11.0 Å². The second kappa shape index (κ2) is 7.00. The topological polar surface area (TPSA) is 80.0 Å². The van der Waals surface area contributed by atoms with Crippen molar-refractivity contribution in [1.29, 1.82) is 0 Å². The number of furan rings is 1. The number of nitrogens with zero attached hydrogens (tertiary/aromatic N) is 1. The maximum absolute atomic E-state index is 12.1. The molecule has 23 heavy (non-hydrogen) atoms.